The summed E-state index contributed by atoms with van der Waals surface area (Å²) in [6.45, 7) is 2.07. The Labute approximate surface area is 108 Å². The summed E-state index contributed by atoms with van der Waals surface area (Å²) in [6, 6.07) is 2.11. The van der Waals surface area contributed by atoms with Gasteiger partial charge in [-0.05, 0) is 33.4 Å². The summed E-state index contributed by atoms with van der Waals surface area (Å²) in [5.41, 5.74) is 0.939. The van der Waals surface area contributed by atoms with Gasteiger partial charge in [0.25, 0.3) is 10.0 Å². The summed E-state index contributed by atoms with van der Waals surface area (Å²) in [5.74, 6) is 0. The van der Waals surface area contributed by atoms with E-state index in [1.165, 1.54) is 0 Å². The van der Waals surface area contributed by atoms with Crippen LogP contribution in [0.2, 0.25) is 0 Å². The van der Waals surface area contributed by atoms with Crippen LogP contribution < -0.4 is 5.14 Å². The van der Waals surface area contributed by atoms with Gasteiger partial charge in [-0.25, -0.2) is 13.6 Å². The van der Waals surface area contributed by atoms with E-state index in [4.69, 9.17) is 5.14 Å². The summed E-state index contributed by atoms with van der Waals surface area (Å²) < 4.78 is 24.7. The molecule has 1 unspecified atom stereocenters. The summed E-state index contributed by atoms with van der Waals surface area (Å²) in [4.78, 5) is 2.07. The smallest absolute Gasteiger partial charge is 0.257 e. The van der Waals surface area contributed by atoms with E-state index in [1.807, 2.05) is 18.8 Å². The molecule has 1 saturated carbocycles. The minimum atomic E-state index is -3.73. The van der Waals surface area contributed by atoms with Crippen LogP contribution >= 0.6 is 0 Å². The number of hydrogen-bond acceptors (Lipinski definition) is 4. The molecule has 1 aromatic rings. The second-order valence-corrected chi connectivity index (χ2v) is 6.52. The van der Waals surface area contributed by atoms with Crippen LogP contribution in [-0.2, 0) is 10.0 Å². The van der Waals surface area contributed by atoms with E-state index in [-0.39, 0.29) is 11.1 Å². The zero-order chi connectivity index (χ0) is 13.5. The molecule has 6 nitrogen and oxygen atoms in total. The molecule has 0 amide bonds. The largest absolute Gasteiger partial charge is 0.301 e. The van der Waals surface area contributed by atoms with E-state index in [2.05, 4.69) is 16.9 Å². The number of nitrogens with two attached hydrogens (primary N) is 1. The minimum absolute atomic E-state index is 0.0234. The molecule has 0 spiro atoms. The summed E-state index contributed by atoms with van der Waals surface area (Å²) in [7, 11) is 0.234. The quantitative estimate of drug-likeness (QED) is 0.862. The van der Waals surface area contributed by atoms with Crippen LogP contribution in [0, 0.1) is 0 Å². The van der Waals surface area contributed by atoms with Gasteiger partial charge in [-0.15, -0.1) is 0 Å². The van der Waals surface area contributed by atoms with Crippen LogP contribution in [0.4, 0.5) is 0 Å². The average molecular weight is 272 g/mol. The Balaban J connectivity index is 2.47. The molecule has 0 bridgehead atoms. The minimum Gasteiger partial charge on any atom is -0.301 e. The lowest BCUT2D eigenvalue weighted by molar-refractivity contribution is 0.275. The highest BCUT2D eigenvalue weighted by atomic mass is 32.2. The molecule has 1 fully saturated rings. The van der Waals surface area contributed by atoms with Gasteiger partial charge in [-0.1, -0.05) is 6.92 Å². The summed E-state index contributed by atoms with van der Waals surface area (Å²) in [6.07, 6.45) is 3.01. The molecule has 0 radical (unpaired) electrons. The first-order valence-electron chi connectivity index (χ1n) is 6.13. The predicted molar refractivity (Wildman–Crippen MR) is 68.6 cm³/mol. The van der Waals surface area contributed by atoms with E-state index in [9.17, 15) is 8.42 Å². The number of rotatable bonds is 5. The van der Waals surface area contributed by atoms with Gasteiger partial charge in [0, 0.05) is 6.07 Å². The molecule has 102 valence electrons. The van der Waals surface area contributed by atoms with Gasteiger partial charge in [-0.3, -0.25) is 4.68 Å². The number of primary sulfonamides is 1. The molecule has 0 aromatic carbocycles. The number of sulfonamides is 1. The van der Waals surface area contributed by atoms with Crippen LogP contribution in [0.25, 0.3) is 0 Å². The molecule has 1 heterocycles. The van der Waals surface area contributed by atoms with E-state index in [0.717, 1.165) is 25.0 Å². The first-order valence-corrected chi connectivity index (χ1v) is 7.68. The lowest BCUT2D eigenvalue weighted by atomic mass is 10.1. The van der Waals surface area contributed by atoms with Crippen molar-refractivity contribution < 1.29 is 8.42 Å². The second-order valence-electron chi connectivity index (χ2n) is 5.02. The van der Waals surface area contributed by atoms with Crippen molar-refractivity contribution in [2.45, 2.75) is 43.3 Å². The van der Waals surface area contributed by atoms with E-state index >= 15 is 0 Å². The zero-order valence-corrected chi connectivity index (χ0v) is 11.8. The van der Waals surface area contributed by atoms with E-state index < -0.39 is 10.0 Å². The topological polar surface area (TPSA) is 81.2 Å². The van der Waals surface area contributed by atoms with Crippen molar-refractivity contribution in [3.05, 3.63) is 11.8 Å². The molecule has 0 aliphatic heterocycles. The fourth-order valence-corrected chi connectivity index (χ4v) is 2.71. The standard InChI is InChI=1S/C11H20N4O2S/c1-4-9(14(2)3)10-7-11(18(12,16)17)13-15(10)8-5-6-8/h7-9H,4-6H2,1-3H3,(H2,12,16,17). The first kappa shape index (κ1) is 13.5. The molecule has 7 heteroatoms. The number of aromatic nitrogens is 2. The summed E-state index contributed by atoms with van der Waals surface area (Å²) in [5, 5.41) is 9.31. The van der Waals surface area contributed by atoms with Gasteiger partial charge >= 0.3 is 0 Å². The fourth-order valence-electron chi connectivity index (χ4n) is 2.22. The van der Waals surface area contributed by atoms with Crippen LogP contribution in [0.5, 0.6) is 0 Å². The Morgan fingerprint density at radius 1 is 1.56 bits per heavy atom. The molecule has 1 aliphatic rings. The zero-order valence-electron chi connectivity index (χ0n) is 11.0. The van der Waals surface area contributed by atoms with Crippen molar-refractivity contribution in [3.8, 4) is 0 Å². The second kappa shape index (κ2) is 4.64. The Morgan fingerprint density at radius 2 is 2.17 bits per heavy atom. The molecule has 1 aliphatic carbocycles. The maximum atomic E-state index is 11.4. The molecule has 1 aromatic heterocycles. The molecule has 0 saturated heterocycles. The lowest BCUT2D eigenvalue weighted by Gasteiger charge is -2.23. The predicted octanol–water partition coefficient (Wildman–Crippen LogP) is 0.878. The number of hydrogen-bond donors (Lipinski definition) is 1. The Kier molecular flexibility index (Phi) is 3.48. The molecular weight excluding hydrogens is 252 g/mol. The van der Waals surface area contributed by atoms with Gasteiger partial charge in [0.1, 0.15) is 0 Å². The van der Waals surface area contributed by atoms with Gasteiger partial charge in [0.05, 0.1) is 17.8 Å². The van der Waals surface area contributed by atoms with Crippen molar-refractivity contribution in [1.29, 1.82) is 0 Å². The van der Waals surface area contributed by atoms with Crippen molar-refractivity contribution in [2.24, 2.45) is 5.14 Å². The molecule has 2 rings (SSSR count). The van der Waals surface area contributed by atoms with Crippen molar-refractivity contribution >= 4 is 10.0 Å². The SMILES string of the molecule is CCC(c1cc(S(N)(=O)=O)nn1C1CC1)N(C)C. The van der Waals surface area contributed by atoms with Crippen LogP contribution in [-0.4, -0.2) is 37.2 Å². The van der Waals surface area contributed by atoms with Gasteiger partial charge in [0.2, 0.25) is 0 Å². The van der Waals surface area contributed by atoms with Crippen molar-refractivity contribution in [3.63, 3.8) is 0 Å². The Bertz CT molecular complexity index is 531. The first-order chi connectivity index (χ1) is 8.34. The molecule has 1 atom stereocenters. The average Bonchev–Trinajstić information content (AvgIpc) is 2.98. The van der Waals surface area contributed by atoms with E-state index in [0.29, 0.717) is 6.04 Å². The Morgan fingerprint density at radius 3 is 2.56 bits per heavy atom. The highest BCUT2D eigenvalue weighted by molar-refractivity contribution is 7.89. The van der Waals surface area contributed by atoms with Gasteiger partial charge in [0.15, 0.2) is 5.03 Å². The van der Waals surface area contributed by atoms with Crippen LogP contribution in [0.1, 0.15) is 44.0 Å². The highest BCUT2D eigenvalue weighted by Gasteiger charge is 2.31. The monoisotopic (exact) mass is 272 g/mol. The Hall–Kier alpha value is -0.920. The lowest BCUT2D eigenvalue weighted by Crippen LogP contribution is -2.22. The summed E-state index contributed by atoms with van der Waals surface area (Å²) >= 11 is 0. The normalized spacial score (nSPS) is 18.3. The molecule has 2 N–H and O–H groups in total. The van der Waals surface area contributed by atoms with Crippen molar-refractivity contribution in [1.82, 2.24) is 14.7 Å². The third-order valence-corrected chi connectivity index (χ3v) is 4.06. The van der Waals surface area contributed by atoms with E-state index in [1.54, 1.807) is 6.07 Å². The fraction of sp³-hybridized carbons (Fsp3) is 0.727. The van der Waals surface area contributed by atoms with Crippen molar-refractivity contribution in [2.75, 3.05) is 14.1 Å². The number of nitrogens with zero attached hydrogens (tertiary/aromatic N) is 3. The van der Waals surface area contributed by atoms with Crippen LogP contribution in [0.3, 0.4) is 0 Å². The molecule has 18 heavy (non-hydrogen) atoms. The third-order valence-electron chi connectivity index (χ3n) is 3.28. The van der Waals surface area contributed by atoms with Crippen LogP contribution in [0.15, 0.2) is 11.1 Å². The maximum Gasteiger partial charge on any atom is 0.257 e. The maximum absolute atomic E-state index is 11.4. The highest BCUT2D eigenvalue weighted by Crippen LogP contribution is 2.38. The third kappa shape index (κ3) is 2.57. The van der Waals surface area contributed by atoms with Gasteiger partial charge in [-0.2, -0.15) is 5.10 Å². The van der Waals surface area contributed by atoms with Gasteiger partial charge < -0.3 is 4.90 Å². The molecular formula is C11H20N4O2S.